The van der Waals surface area contributed by atoms with E-state index in [1.165, 1.54) is 0 Å². The lowest BCUT2D eigenvalue weighted by atomic mass is 9.95. The lowest BCUT2D eigenvalue weighted by Crippen LogP contribution is -2.44. The van der Waals surface area contributed by atoms with Crippen molar-refractivity contribution in [1.82, 2.24) is 19.8 Å². The SMILES string of the molecule is CN(C)c1ncc(-c2ccc(C(N)=O)cc2)c(C2CCN(C(=O)CN3CCOCC3)C2)n1. The van der Waals surface area contributed by atoms with Crippen LogP contribution in [0.1, 0.15) is 28.4 Å². The van der Waals surface area contributed by atoms with E-state index >= 15 is 0 Å². The summed E-state index contributed by atoms with van der Waals surface area (Å²) in [5, 5.41) is 0. The largest absolute Gasteiger partial charge is 0.379 e. The summed E-state index contributed by atoms with van der Waals surface area (Å²) in [4.78, 5) is 39.6. The predicted octanol–water partition coefficient (Wildman–Crippen LogP) is 0.957. The molecule has 0 bridgehead atoms. The molecule has 1 aromatic heterocycles. The molecule has 2 aliphatic rings. The molecule has 9 nitrogen and oxygen atoms in total. The van der Waals surface area contributed by atoms with Crippen LogP contribution in [0.15, 0.2) is 30.5 Å². The van der Waals surface area contributed by atoms with Crippen LogP contribution < -0.4 is 10.6 Å². The Morgan fingerprint density at radius 1 is 1.16 bits per heavy atom. The molecule has 3 heterocycles. The van der Waals surface area contributed by atoms with Crippen molar-refractivity contribution in [2.75, 3.05) is 64.9 Å². The summed E-state index contributed by atoms with van der Waals surface area (Å²) in [6.07, 6.45) is 2.68. The number of amides is 2. The van der Waals surface area contributed by atoms with E-state index in [-0.39, 0.29) is 11.8 Å². The normalized spacial score (nSPS) is 19.2. The zero-order valence-corrected chi connectivity index (χ0v) is 18.7. The molecule has 2 fully saturated rings. The Kier molecular flexibility index (Phi) is 6.66. The topological polar surface area (TPSA) is 105 Å². The number of carbonyl (C=O) groups excluding carboxylic acids is 2. The predicted molar refractivity (Wildman–Crippen MR) is 122 cm³/mol. The molecule has 2 N–H and O–H groups in total. The highest BCUT2D eigenvalue weighted by molar-refractivity contribution is 5.93. The van der Waals surface area contributed by atoms with Crippen LogP contribution >= 0.6 is 0 Å². The molecule has 4 rings (SSSR count). The second-order valence-corrected chi connectivity index (χ2v) is 8.52. The molecule has 32 heavy (non-hydrogen) atoms. The summed E-state index contributed by atoms with van der Waals surface area (Å²) in [5.74, 6) is 0.455. The molecule has 1 unspecified atom stereocenters. The fourth-order valence-corrected chi connectivity index (χ4v) is 4.21. The van der Waals surface area contributed by atoms with Gasteiger partial charge in [-0.05, 0) is 24.1 Å². The molecule has 2 aromatic rings. The van der Waals surface area contributed by atoms with Gasteiger partial charge in [0, 0.05) is 63.5 Å². The third-order valence-electron chi connectivity index (χ3n) is 6.08. The van der Waals surface area contributed by atoms with Gasteiger partial charge in [0.05, 0.1) is 25.5 Å². The fraction of sp³-hybridized carbons (Fsp3) is 0.478. The fourth-order valence-electron chi connectivity index (χ4n) is 4.21. The summed E-state index contributed by atoms with van der Waals surface area (Å²) in [7, 11) is 3.82. The van der Waals surface area contributed by atoms with Crippen LogP contribution in [0.25, 0.3) is 11.1 Å². The molecule has 170 valence electrons. The first-order valence-electron chi connectivity index (χ1n) is 10.9. The van der Waals surface area contributed by atoms with Crippen molar-refractivity contribution in [2.45, 2.75) is 12.3 Å². The zero-order valence-electron chi connectivity index (χ0n) is 18.7. The van der Waals surface area contributed by atoms with Crippen LogP contribution in [0.2, 0.25) is 0 Å². The standard InChI is InChI=1S/C23H30N6O3/c1-27(2)23-25-13-19(16-3-5-17(6-4-16)22(24)31)21(26-23)18-7-8-29(14-18)20(30)15-28-9-11-32-12-10-28/h3-6,13,18H,7-12,14-15H2,1-2H3,(H2,24,31). The Hall–Kier alpha value is -3.04. The monoisotopic (exact) mass is 438 g/mol. The smallest absolute Gasteiger partial charge is 0.248 e. The molecular formula is C23H30N6O3. The first-order chi connectivity index (χ1) is 15.4. The molecule has 0 aliphatic carbocycles. The van der Waals surface area contributed by atoms with Gasteiger partial charge in [-0.2, -0.15) is 0 Å². The van der Waals surface area contributed by atoms with Crippen LogP contribution in [0.5, 0.6) is 0 Å². The van der Waals surface area contributed by atoms with E-state index in [0.717, 1.165) is 42.9 Å². The van der Waals surface area contributed by atoms with Crippen molar-refractivity contribution in [2.24, 2.45) is 5.73 Å². The van der Waals surface area contributed by atoms with Gasteiger partial charge in [0.25, 0.3) is 0 Å². The van der Waals surface area contributed by atoms with Gasteiger partial charge in [-0.3, -0.25) is 14.5 Å². The third-order valence-corrected chi connectivity index (χ3v) is 6.08. The van der Waals surface area contributed by atoms with E-state index in [0.29, 0.717) is 37.8 Å². The molecule has 2 saturated heterocycles. The molecule has 2 amide bonds. The number of ether oxygens (including phenoxy) is 1. The maximum Gasteiger partial charge on any atom is 0.248 e. The van der Waals surface area contributed by atoms with Crippen LogP contribution in [0, 0.1) is 0 Å². The Morgan fingerprint density at radius 2 is 1.88 bits per heavy atom. The Balaban J connectivity index is 1.55. The highest BCUT2D eigenvalue weighted by Gasteiger charge is 2.31. The van der Waals surface area contributed by atoms with Crippen molar-refractivity contribution >= 4 is 17.8 Å². The number of anilines is 1. The highest BCUT2D eigenvalue weighted by atomic mass is 16.5. The van der Waals surface area contributed by atoms with Crippen LogP contribution in [-0.4, -0.2) is 91.6 Å². The maximum atomic E-state index is 12.9. The number of likely N-dealkylation sites (tertiary alicyclic amines) is 1. The molecule has 1 atom stereocenters. The summed E-state index contributed by atoms with van der Waals surface area (Å²) >= 11 is 0. The highest BCUT2D eigenvalue weighted by Crippen LogP contribution is 2.34. The summed E-state index contributed by atoms with van der Waals surface area (Å²) < 4.78 is 5.38. The van der Waals surface area contributed by atoms with E-state index in [2.05, 4.69) is 9.88 Å². The Labute approximate surface area is 188 Å². The number of benzene rings is 1. The molecule has 0 radical (unpaired) electrons. The lowest BCUT2D eigenvalue weighted by molar-refractivity contribution is -0.132. The van der Waals surface area contributed by atoms with E-state index < -0.39 is 5.91 Å². The number of nitrogens with two attached hydrogens (primary N) is 1. The molecule has 2 aliphatic heterocycles. The van der Waals surface area contributed by atoms with Gasteiger partial charge in [0.1, 0.15) is 0 Å². The lowest BCUT2D eigenvalue weighted by Gasteiger charge is -2.28. The second kappa shape index (κ2) is 9.62. The van der Waals surface area contributed by atoms with E-state index in [4.69, 9.17) is 15.5 Å². The average molecular weight is 439 g/mol. The van der Waals surface area contributed by atoms with Crippen molar-refractivity contribution < 1.29 is 14.3 Å². The maximum absolute atomic E-state index is 12.9. The number of primary amides is 1. The first-order valence-corrected chi connectivity index (χ1v) is 10.9. The zero-order chi connectivity index (χ0) is 22.7. The van der Waals surface area contributed by atoms with Crippen molar-refractivity contribution in [1.29, 1.82) is 0 Å². The molecule has 0 saturated carbocycles. The number of aromatic nitrogens is 2. The van der Waals surface area contributed by atoms with Gasteiger partial charge in [-0.1, -0.05) is 12.1 Å². The molecular weight excluding hydrogens is 408 g/mol. The van der Waals surface area contributed by atoms with Crippen molar-refractivity contribution in [3.63, 3.8) is 0 Å². The molecule has 0 spiro atoms. The van der Waals surface area contributed by atoms with Crippen molar-refractivity contribution in [3.8, 4) is 11.1 Å². The minimum Gasteiger partial charge on any atom is -0.379 e. The number of hydrogen-bond acceptors (Lipinski definition) is 7. The average Bonchev–Trinajstić information content (AvgIpc) is 3.30. The quantitative estimate of drug-likeness (QED) is 0.716. The Bertz CT molecular complexity index is 972. The number of hydrogen-bond donors (Lipinski definition) is 1. The van der Waals surface area contributed by atoms with Crippen LogP contribution in [-0.2, 0) is 9.53 Å². The summed E-state index contributed by atoms with van der Waals surface area (Å²) in [5.41, 5.74) is 8.61. The number of morpholine rings is 1. The number of carbonyl (C=O) groups is 2. The van der Waals surface area contributed by atoms with E-state index in [9.17, 15) is 9.59 Å². The summed E-state index contributed by atoms with van der Waals surface area (Å²) in [6.45, 7) is 4.75. The van der Waals surface area contributed by atoms with Crippen molar-refractivity contribution in [3.05, 3.63) is 41.7 Å². The minimum absolute atomic E-state index is 0.121. The van der Waals surface area contributed by atoms with Crippen LogP contribution in [0.3, 0.4) is 0 Å². The Morgan fingerprint density at radius 3 is 2.53 bits per heavy atom. The number of nitrogens with zero attached hydrogens (tertiary/aromatic N) is 5. The first kappa shape index (κ1) is 22.2. The molecule has 9 heteroatoms. The van der Waals surface area contributed by atoms with E-state index in [1.54, 1.807) is 12.1 Å². The van der Waals surface area contributed by atoms with Gasteiger partial charge in [0.15, 0.2) is 0 Å². The summed E-state index contributed by atoms with van der Waals surface area (Å²) in [6, 6.07) is 7.17. The van der Waals surface area contributed by atoms with Gasteiger partial charge < -0.3 is 20.3 Å². The second-order valence-electron chi connectivity index (χ2n) is 8.52. The van der Waals surface area contributed by atoms with Crippen LogP contribution in [0.4, 0.5) is 5.95 Å². The third kappa shape index (κ3) is 4.89. The number of rotatable bonds is 6. The molecule has 1 aromatic carbocycles. The van der Waals surface area contributed by atoms with Gasteiger partial charge in [-0.25, -0.2) is 9.97 Å². The van der Waals surface area contributed by atoms with E-state index in [1.807, 2.05) is 42.2 Å². The minimum atomic E-state index is -0.457. The van der Waals surface area contributed by atoms with Gasteiger partial charge in [0.2, 0.25) is 17.8 Å². The van der Waals surface area contributed by atoms with Gasteiger partial charge >= 0.3 is 0 Å². The van der Waals surface area contributed by atoms with Gasteiger partial charge in [-0.15, -0.1) is 0 Å².